The van der Waals surface area contributed by atoms with Crippen LogP contribution in [-0.4, -0.2) is 38.1 Å². The maximum absolute atomic E-state index is 12.9. The van der Waals surface area contributed by atoms with E-state index in [1.165, 1.54) is 4.31 Å². The Bertz CT molecular complexity index is 921. The van der Waals surface area contributed by atoms with Gasteiger partial charge in [0.05, 0.1) is 16.1 Å². The zero-order valence-corrected chi connectivity index (χ0v) is 18.2. The third-order valence-corrected chi connectivity index (χ3v) is 7.46. The fourth-order valence-electron chi connectivity index (χ4n) is 2.99. The van der Waals surface area contributed by atoms with Crippen molar-refractivity contribution in [2.75, 3.05) is 7.05 Å². The van der Waals surface area contributed by atoms with Crippen molar-refractivity contribution >= 4 is 22.6 Å². The van der Waals surface area contributed by atoms with Gasteiger partial charge in [0.25, 0.3) is 0 Å². The normalized spacial score (nSPS) is 18.6. The van der Waals surface area contributed by atoms with Crippen molar-refractivity contribution < 1.29 is 17.7 Å². The average Bonchev–Trinajstić information content (AvgIpc) is 2.84. The summed E-state index contributed by atoms with van der Waals surface area (Å²) in [6, 6.07) is 14.6. The van der Waals surface area contributed by atoms with Crippen molar-refractivity contribution in [1.82, 2.24) is 4.31 Å². The lowest BCUT2D eigenvalue weighted by molar-refractivity contribution is 0.00578. The number of rotatable bonds is 5. The van der Waals surface area contributed by atoms with Crippen molar-refractivity contribution in [3.8, 4) is 0 Å². The highest BCUT2D eigenvalue weighted by Gasteiger charge is 2.51. The van der Waals surface area contributed by atoms with Gasteiger partial charge >= 0.3 is 7.12 Å². The van der Waals surface area contributed by atoms with E-state index in [-0.39, 0.29) is 4.90 Å². The Kier molecular flexibility index (Phi) is 5.49. The SMILES string of the molecule is Cc1ccc(CN(C)S(=O)(=O)c2ccc(B3OC(C)(C)C(C)(C)O3)cc2)cc1. The quantitative estimate of drug-likeness (QED) is 0.723. The van der Waals surface area contributed by atoms with Gasteiger partial charge in [-0.15, -0.1) is 0 Å². The molecule has 1 saturated heterocycles. The van der Waals surface area contributed by atoms with Gasteiger partial charge in [0.15, 0.2) is 0 Å². The minimum absolute atomic E-state index is 0.252. The molecule has 0 amide bonds. The molecule has 2 aromatic rings. The molecule has 0 aromatic heterocycles. The van der Waals surface area contributed by atoms with Crippen LogP contribution in [0.5, 0.6) is 0 Å². The largest absolute Gasteiger partial charge is 0.494 e. The molecule has 0 aliphatic carbocycles. The van der Waals surface area contributed by atoms with E-state index in [9.17, 15) is 8.42 Å². The van der Waals surface area contributed by atoms with E-state index < -0.39 is 28.3 Å². The molecule has 0 saturated carbocycles. The summed E-state index contributed by atoms with van der Waals surface area (Å²) < 4.78 is 39.2. The molecule has 5 nitrogen and oxygen atoms in total. The Morgan fingerprint density at radius 1 is 0.893 bits per heavy atom. The number of hydrogen-bond donors (Lipinski definition) is 0. The number of benzene rings is 2. The van der Waals surface area contributed by atoms with E-state index in [2.05, 4.69) is 0 Å². The Labute approximate surface area is 168 Å². The van der Waals surface area contributed by atoms with E-state index in [1.54, 1.807) is 31.3 Å². The summed E-state index contributed by atoms with van der Waals surface area (Å²) >= 11 is 0. The molecule has 3 rings (SSSR count). The van der Waals surface area contributed by atoms with Crippen LogP contribution in [-0.2, 0) is 25.9 Å². The molecule has 7 heteroatoms. The summed E-state index contributed by atoms with van der Waals surface area (Å²) in [4.78, 5) is 0.252. The lowest BCUT2D eigenvalue weighted by atomic mass is 9.79. The molecule has 0 bridgehead atoms. The standard InChI is InChI=1S/C21H28BNO4S/c1-16-7-9-17(10-8-16)15-23(6)28(24,25)19-13-11-18(12-14-19)22-26-20(2,3)21(4,5)27-22/h7-14H,15H2,1-6H3. The molecule has 0 atom stereocenters. The van der Waals surface area contributed by atoms with E-state index in [0.717, 1.165) is 16.6 Å². The molecular formula is C21H28BNO4S. The first-order valence-electron chi connectivity index (χ1n) is 9.40. The van der Waals surface area contributed by atoms with Gasteiger partial charge in [-0.25, -0.2) is 8.42 Å². The summed E-state index contributed by atoms with van der Waals surface area (Å²) in [6.45, 7) is 10.3. The number of hydrogen-bond acceptors (Lipinski definition) is 4. The fraction of sp³-hybridized carbons (Fsp3) is 0.429. The summed E-state index contributed by atoms with van der Waals surface area (Å²) in [7, 11) is -2.49. The van der Waals surface area contributed by atoms with Crippen LogP contribution < -0.4 is 5.46 Å². The maximum atomic E-state index is 12.9. The number of nitrogens with zero attached hydrogens (tertiary/aromatic N) is 1. The maximum Gasteiger partial charge on any atom is 0.494 e. The highest BCUT2D eigenvalue weighted by Crippen LogP contribution is 2.36. The molecule has 28 heavy (non-hydrogen) atoms. The van der Waals surface area contributed by atoms with Gasteiger partial charge in [0, 0.05) is 13.6 Å². The van der Waals surface area contributed by atoms with Gasteiger partial charge in [-0.3, -0.25) is 0 Å². The summed E-state index contributed by atoms with van der Waals surface area (Å²) in [5.74, 6) is 0. The minimum Gasteiger partial charge on any atom is -0.399 e. The highest BCUT2D eigenvalue weighted by molar-refractivity contribution is 7.89. The summed E-state index contributed by atoms with van der Waals surface area (Å²) in [5.41, 5.74) is 2.03. The number of aryl methyl sites for hydroxylation is 1. The van der Waals surface area contributed by atoms with Crippen molar-refractivity contribution in [2.45, 2.75) is 57.3 Å². The Morgan fingerprint density at radius 3 is 1.89 bits per heavy atom. The van der Waals surface area contributed by atoms with Crippen molar-refractivity contribution in [3.63, 3.8) is 0 Å². The van der Waals surface area contributed by atoms with Gasteiger partial charge < -0.3 is 9.31 Å². The molecule has 1 heterocycles. The first-order valence-corrected chi connectivity index (χ1v) is 10.8. The summed E-state index contributed by atoms with van der Waals surface area (Å²) in [6.07, 6.45) is 0. The van der Waals surface area contributed by atoms with Crippen LogP contribution in [0.4, 0.5) is 0 Å². The molecule has 0 N–H and O–H groups in total. The minimum atomic E-state index is -3.58. The van der Waals surface area contributed by atoms with Crippen LogP contribution >= 0.6 is 0 Å². The molecule has 2 aromatic carbocycles. The predicted molar refractivity (Wildman–Crippen MR) is 112 cm³/mol. The van der Waals surface area contributed by atoms with Crippen molar-refractivity contribution in [2.24, 2.45) is 0 Å². The van der Waals surface area contributed by atoms with Gasteiger partial charge in [-0.05, 0) is 57.8 Å². The van der Waals surface area contributed by atoms with Crippen LogP contribution in [0.2, 0.25) is 0 Å². The average molecular weight is 401 g/mol. The smallest absolute Gasteiger partial charge is 0.399 e. The molecule has 1 aliphatic rings. The van der Waals surface area contributed by atoms with Crippen LogP contribution in [0.1, 0.15) is 38.8 Å². The first-order chi connectivity index (χ1) is 12.9. The monoisotopic (exact) mass is 401 g/mol. The second kappa shape index (κ2) is 7.30. The van der Waals surface area contributed by atoms with E-state index in [0.29, 0.717) is 6.54 Å². The lowest BCUT2D eigenvalue weighted by Gasteiger charge is -2.32. The Morgan fingerprint density at radius 2 is 1.39 bits per heavy atom. The molecule has 0 spiro atoms. The first kappa shape index (κ1) is 21.1. The Hall–Kier alpha value is -1.67. The van der Waals surface area contributed by atoms with Gasteiger partial charge in [-0.2, -0.15) is 4.31 Å². The lowest BCUT2D eigenvalue weighted by Crippen LogP contribution is -2.41. The van der Waals surface area contributed by atoms with Gasteiger partial charge in [0.2, 0.25) is 10.0 Å². The third kappa shape index (κ3) is 4.03. The van der Waals surface area contributed by atoms with E-state index in [4.69, 9.17) is 9.31 Å². The van der Waals surface area contributed by atoms with Crippen molar-refractivity contribution in [1.29, 1.82) is 0 Å². The van der Waals surface area contributed by atoms with Crippen molar-refractivity contribution in [3.05, 3.63) is 59.7 Å². The predicted octanol–water partition coefficient (Wildman–Crippen LogP) is 3.11. The Balaban J connectivity index is 1.76. The second-order valence-electron chi connectivity index (χ2n) is 8.40. The zero-order valence-electron chi connectivity index (χ0n) is 17.4. The fourth-order valence-corrected chi connectivity index (χ4v) is 4.15. The van der Waals surface area contributed by atoms with Crippen LogP contribution in [0.25, 0.3) is 0 Å². The topological polar surface area (TPSA) is 55.8 Å². The third-order valence-electron chi connectivity index (χ3n) is 5.64. The summed E-state index contributed by atoms with van der Waals surface area (Å²) in [5, 5.41) is 0. The van der Waals surface area contributed by atoms with Crippen LogP contribution in [0.3, 0.4) is 0 Å². The second-order valence-corrected chi connectivity index (χ2v) is 10.4. The van der Waals surface area contributed by atoms with Gasteiger partial charge in [-0.1, -0.05) is 42.0 Å². The van der Waals surface area contributed by atoms with Crippen LogP contribution in [0.15, 0.2) is 53.4 Å². The number of sulfonamides is 1. The van der Waals surface area contributed by atoms with Crippen LogP contribution in [0, 0.1) is 6.92 Å². The van der Waals surface area contributed by atoms with E-state index >= 15 is 0 Å². The molecule has 150 valence electrons. The van der Waals surface area contributed by atoms with Gasteiger partial charge in [0.1, 0.15) is 0 Å². The molecule has 1 fully saturated rings. The molecule has 1 aliphatic heterocycles. The molecular weight excluding hydrogens is 373 g/mol. The zero-order chi connectivity index (χ0) is 20.7. The molecule has 0 radical (unpaired) electrons. The molecule has 0 unspecified atom stereocenters. The van der Waals surface area contributed by atoms with E-state index in [1.807, 2.05) is 58.9 Å². The highest BCUT2D eigenvalue weighted by atomic mass is 32.2.